The first-order chi connectivity index (χ1) is 8.91. The molecule has 0 saturated heterocycles. The predicted octanol–water partition coefficient (Wildman–Crippen LogP) is 1.47. The zero-order valence-corrected chi connectivity index (χ0v) is 11.1. The molecule has 0 unspecified atom stereocenters. The van der Waals surface area contributed by atoms with E-state index in [9.17, 15) is 14.9 Å². The summed E-state index contributed by atoms with van der Waals surface area (Å²) in [6.45, 7) is 2.32. The van der Waals surface area contributed by atoms with E-state index in [2.05, 4.69) is 5.32 Å². The highest BCUT2D eigenvalue weighted by atomic mass is 35.5. The van der Waals surface area contributed by atoms with E-state index in [1.165, 1.54) is 12.1 Å². The van der Waals surface area contributed by atoms with Crippen LogP contribution < -0.4 is 11.1 Å². The highest BCUT2D eigenvalue weighted by Gasteiger charge is 2.14. The van der Waals surface area contributed by atoms with Gasteiger partial charge in [-0.3, -0.25) is 14.9 Å². The zero-order valence-electron chi connectivity index (χ0n) is 10.3. The monoisotopic (exact) mass is 287 g/mol. The van der Waals surface area contributed by atoms with Crippen molar-refractivity contribution in [3.63, 3.8) is 0 Å². The summed E-state index contributed by atoms with van der Waals surface area (Å²) in [6, 6.07) is 2.89. The molecular weight excluding hydrogens is 274 g/mol. The van der Waals surface area contributed by atoms with Crippen LogP contribution in [-0.2, 0) is 9.53 Å². The predicted molar refractivity (Wildman–Crippen MR) is 71.3 cm³/mol. The van der Waals surface area contributed by atoms with Gasteiger partial charge in [0.15, 0.2) is 0 Å². The summed E-state index contributed by atoms with van der Waals surface area (Å²) in [4.78, 5) is 20.6. The van der Waals surface area contributed by atoms with E-state index in [4.69, 9.17) is 22.1 Å². The first-order valence-corrected chi connectivity index (χ1v) is 5.84. The van der Waals surface area contributed by atoms with Gasteiger partial charge in [0, 0.05) is 18.3 Å². The first-order valence-electron chi connectivity index (χ1n) is 5.46. The highest BCUT2D eigenvalue weighted by molar-refractivity contribution is 6.33. The van der Waals surface area contributed by atoms with Gasteiger partial charge in [0.2, 0.25) is 5.91 Å². The number of anilines is 1. The minimum absolute atomic E-state index is 0.0659. The summed E-state index contributed by atoms with van der Waals surface area (Å²) in [5.41, 5.74) is 6.16. The zero-order chi connectivity index (χ0) is 14.4. The van der Waals surface area contributed by atoms with E-state index in [1.54, 1.807) is 6.92 Å². The number of benzene rings is 1. The summed E-state index contributed by atoms with van der Waals surface area (Å²) in [5, 5.41) is 13.8. The molecule has 0 aliphatic heterocycles. The van der Waals surface area contributed by atoms with Gasteiger partial charge in [-0.1, -0.05) is 11.6 Å². The number of carbonyl (C=O) groups excluding carboxylic acids is 1. The topological polar surface area (TPSA) is 107 Å². The van der Waals surface area contributed by atoms with Gasteiger partial charge in [0.25, 0.3) is 5.69 Å². The quantitative estimate of drug-likeness (QED) is 0.448. The Morgan fingerprint density at radius 2 is 2.26 bits per heavy atom. The average molecular weight is 288 g/mol. The van der Waals surface area contributed by atoms with Gasteiger partial charge in [-0.25, -0.2) is 0 Å². The summed E-state index contributed by atoms with van der Waals surface area (Å²) in [7, 11) is 0. The maximum absolute atomic E-state index is 10.7. The third kappa shape index (κ3) is 4.72. The number of hydrogen-bond donors (Lipinski definition) is 2. The minimum Gasteiger partial charge on any atom is -0.382 e. The number of nitro groups is 1. The molecule has 1 rings (SSSR count). The largest absolute Gasteiger partial charge is 0.382 e. The number of carbonyl (C=O) groups is 1. The van der Waals surface area contributed by atoms with Crippen molar-refractivity contribution in [1.82, 2.24) is 0 Å². The lowest BCUT2D eigenvalue weighted by molar-refractivity contribution is -0.384. The van der Waals surface area contributed by atoms with Gasteiger partial charge in [-0.05, 0) is 18.6 Å². The molecule has 0 aliphatic rings. The van der Waals surface area contributed by atoms with E-state index in [0.29, 0.717) is 17.8 Å². The number of nitrogens with zero attached hydrogens (tertiary/aromatic N) is 1. The van der Waals surface area contributed by atoms with Crippen LogP contribution in [0.2, 0.25) is 5.02 Å². The second-order valence-corrected chi connectivity index (χ2v) is 4.23. The molecule has 0 radical (unpaired) electrons. The highest BCUT2D eigenvalue weighted by Crippen LogP contribution is 2.30. The Kier molecular flexibility index (Phi) is 5.53. The molecule has 0 atom stereocenters. The molecule has 0 heterocycles. The van der Waals surface area contributed by atoms with Crippen LogP contribution in [0.3, 0.4) is 0 Å². The fourth-order valence-electron chi connectivity index (χ4n) is 1.43. The van der Waals surface area contributed by atoms with E-state index >= 15 is 0 Å². The average Bonchev–Trinajstić information content (AvgIpc) is 2.31. The molecule has 0 aliphatic carbocycles. The Morgan fingerprint density at radius 1 is 1.58 bits per heavy atom. The van der Waals surface area contributed by atoms with Crippen molar-refractivity contribution in [2.24, 2.45) is 5.73 Å². The van der Waals surface area contributed by atoms with E-state index in [1.807, 2.05) is 0 Å². The molecule has 0 saturated carbocycles. The van der Waals surface area contributed by atoms with Crippen LogP contribution in [-0.4, -0.2) is 30.6 Å². The van der Waals surface area contributed by atoms with E-state index in [0.717, 1.165) is 0 Å². The molecule has 104 valence electrons. The van der Waals surface area contributed by atoms with Gasteiger partial charge in [0.05, 0.1) is 11.5 Å². The SMILES string of the molecule is Cc1cc([N+](=O)[O-])c(Cl)cc1NCCOCC(N)=O. The Bertz CT molecular complexity index is 493. The number of halogens is 1. The van der Waals surface area contributed by atoms with Crippen LogP contribution in [0.5, 0.6) is 0 Å². The molecule has 8 heteroatoms. The normalized spacial score (nSPS) is 10.2. The number of nitrogens with one attached hydrogen (secondary N) is 1. The van der Waals surface area contributed by atoms with Gasteiger partial charge in [0.1, 0.15) is 11.6 Å². The van der Waals surface area contributed by atoms with E-state index in [-0.39, 0.29) is 23.9 Å². The summed E-state index contributed by atoms with van der Waals surface area (Å²) in [5.74, 6) is -0.533. The third-order valence-corrected chi connectivity index (χ3v) is 2.60. The molecule has 1 aromatic carbocycles. The summed E-state index contributed by atoms with van der Waals surface area (Å²) in [6.07, 6.45) is 0. The fraction of sp³-hybridized carbons (Fsp3) is 0.364. The third-order valence-electron chi connectivity index (χ3n) is 2.30. The fourth-order valence-corrected chi connectivity index (χ4v) is 1.66. The maximum atomic E-state index is 10.7. The van der Waals surface area contributed by atoms with Crippen LogP contribution in [0.25, 0.3) is 0 Å². The van der Waals surface area contributed by atoms with Crippen molar-refractivity contribution in [2.75, 3.05) is 25.1 Å². The molecular formula is C11H14ClN3O4. The van der Waals surface area contributed by atoms with Crippen molar-refractivity contribution in [1.29, 1.82) is 0 Å². The number of nitrogens with two attached hydrogens (primary N) is 1. The van der Waals surface area contributed by atoms with Crippen molar-refractivity contribution >= 4 is 28.9 Å². The standard InChI is InChI=1S/C11H14ClN3O4/c1-7-4-10(15(17)18)8(12)5-9(7)14-2-3-19-6-11(13)16/h4-5,14H,2-3,6H2,1H3,(H2,13,16). The molecule has 3 N–H and O–H groups in total. The van der Waals surface area contributed by atoms with E-state index < -0.39 is 10.8 Å². The molecule has 0 bridgehead atoms. The van der Waals surface area contributed by atoms with Gasteiger partial charge < -0.3 is 15.8 Å². The van der Waals surface area contributed by atoms with Crippen LogP contribution in [0.1, 0.15) is 5.56 Å². The van der Waals surface area contributed by atoms with Crippen LogP contribution >= 0.6 is 11.6 Å². The number of aryl methyl sites for hydroxylation is 1. The Morgan fingerprint density at radius 3 is 2.84 bits per heavy atom. The Hall–Kier alpha value is -1.86. The number of primary amides is 1. The van der Waals surface area contributed by atoms with Gasteiger partial charge in [-0.2, -0.15) is 0 Å². The van der Waals surface area contributed by atoms with Crippen molar-refractivity contribution in [3.05, 3.63) is 32.8 Å². The second kappa shape index (κ2) is 6.91. The maximum Gasteiger partial charge on any atom is 0.288 e. The second-order valence-electron chi connectivity index (χ2n) is 3.82. The number of rotatable bonds is 7. The Labute approximate surface area is 114 Å². The van der Waals surface area contributed by atoms with Crippen LogP contribution in [0, 0.1) is 17.0 Å². The molecule has 1 aromatic rings. The van der Waals surface area contributed by atoms with Crippen LogP contribution in [0.15, 0.2) is 12.1 Å². The van der Waals surface area contributed by atoms with Gasteiger partial charge in [-0.15, -0.1) is 0 Å². The first kappa shape index (κ1) is 15.2. The Balaban J connectivity index is 2.57. The molecule has 0 spiro atoms. The lowest BCUT2D eigenvalue weighted by Gasteiger charge is -2.10. The molecule has 0 fully saturated rings. The molecule has 7 nitrogen and oxygen atoms in total. The molecule has 19 heavy (non-hydrogen) atoms. The van der Waals surface area contributed by atoms with Crippen LogP contribution in [0.4, 0.5) is 11.4 Å². The molecule has 1 amide bonds. The lowest BCUT2D eigenvalue weighted by atomic mass is 10.2. The molecule has 0 aromatic heterocycles. The van der Waals surface area contributed by atoms with Crippen molar-refractivity contribution in [2.45, 2.75) is 6.92 Å². The number of nitro benzene ring substituents is 1. The van der Waals surface area contributed by atoms with Crippen molar-refractivity contribution < 1.29 is 14.5 Å². The minimum atomic E-state index is -0.533. The number of hydrogen-bond acceptors (Lipinski definition) is 5. The number of amides is 1. The summed E-state index contributed by atoms with van der Waals surface area (Å²) < 4.78 is 4.97. The smallest absolute Gasteiger partial charge is 0.288 e. The van der Waals surface area contributed by atoms with Crippen molar-refractivity contribution in [3.8, 4) is 0 Å². The summed E-state index contributed by atoms with van der Waals surface area (Å²) >= 11 is 5.80. The van der Waals surface area contributed by atoms with Gasteiger partial charge >= 0.3 is 0 Å². The number of ether oxygens (including phenoxy) is 1. The lowest BCUT2D eigenvalue weighted by Crippen LogP contribution is -2.20.